The van der Waals surface area contributed by atoms with Crippen LogP contribution in [0, 0.1) is 5.92 Å². The molecule has 2 N–H and O–H groups in total. The summed E-state index contributed by atoms with van der Waals surface area (Å²) in [6, 6.07) is -0.0440. The number of nitrogens with one attached hydrogen (secondary N) is 1. The van der Waals surface area contributed by atoms with E-state index in [-0.39, 0.29) is 6.03 Å². The number of likely N-dealkylation sites (tertiary alicyclic amines) is 1. The van der Waals surface area contributed by atoms with E-state index >= 15 is 0 Å². The Labute approximate surface area is 85.3 Å². The lowest BCUT2D eigenvalue weighted by molar-refractivity contribution is 0.155. The maximum atomic E-state index is 11.6. The number of amides is 2. The molecule has 1 fully saturated rings. The number of hydrogen-bond acceptors (Lipinski definition) is 2. The van der Waals surface area contributed by atoms with Gasteiger partial charge in [0, 0.05) is 19.6 Å². The van der Waals surface area contributed by atoms with E-state index < -0.39 is 6.10 Å². The van der Waals surface area contributed by atoms with Crippen molar-refractivity contribution >= 4 is 6.03 Å². The largest absolute Gasteiger partial charge is 0.392 e. The molecule has 1 saturated heterocycles. The van der Waals surface area contributed by atoms with Crippen LogP contribution < -0.4 is 5.32 Å². The van der Waals surface area contributed by atoms with Crippen LogP contribution in [0.4, 0.5) is 4.79 Å². The predicted molar refractivity (Wildman–Crippen MR) is 55.1 cm³/mol. The molecule has 0 spiro atoms. The zero-order chi connectivity index (χ0) is 10.6. The topological polar surface area (TPSA) is 52.6 Å². The summed E-state index contributed by atoms with van der Waals surface area (Å²) in [6.45, 7) is 5.85. The van der Waals surface area contributed by atoms with E-state index in [1.54, 1.807) is 6.92 Å². The first-order valence-corrected chi connectivity index (χ1v) is 5.30. The Balaban J connectivity index is 2.29. The highest BCUT2D eigenvalue weighted by Crippen LogP contribution is 2.14. The average Bonchev–Trinajstić information content (AvgIpc) is 2.14. The summed E-state index contributed by atoms with van der Waals surface area (Å²) in [4.78, 5) is 13.4. The van der Waals surface area contributed by atoms with Crippen LogP contribution in [-0.2, 0) is 0 Å². The molecular formula is C10H20N2O2. The van der Waals surface area contributed by atoms with Crippen molar-refractivity contribution in [3.63, 3.8) is 0 Å². The van der Waals surface area contributed by atoms with E-state index in [9.17, 15) is 4.79 Å². The first-order valence-electron chi connectivity index (χ1n) is 5.30. The van der Waals surface area contributed by atoms with Crippen molar-refractivity contribution in [3.8, 4) is 0 Å². The lowest BCUT2D eigenvalue weighted by atomic mass is 10.0. The van der Waals surface area contributed by atoms with E-state index in [2.05, 4.69) is 12.2 Å². The summed E-state index contributed by atoms with van der Waals surface area (Å²) in [5.74, 6) is 0.598. The Morgan fingerprint density at radius 1 is 1.71 bits per heavy atom. The first kappa shape index (κ1) is 11.3. The molecule has 0 radical (unpaired) electrons. The van der Waals surface area contributed by atoms with E-state index in [0.29, 0.717) is 12.5 Å². The monoisotopic (exact) mass is 200 g/mol. The lowest BCUT2D eigenvalue weighted by Crippen LogP contribution is -2.46. The highest BCUT2D eigenvalue weighted by Gasteiger charge is 2.20. The van der Waals surface area contributed by atoms with Gasteiger partial charge in [0.15, 0.2) is 0 Å². The summed E-state index contributed by atoms with van der Waals surface area (Å²) in [7, 11) is 0. The third-order valence-corrected chi connectivity index (χ3v) is 2.49. The van der Waals surface area contributed by atoms with Gasteiger partial charge in [0.25, 0.3) is 0 Å². The number of piperidine rings is 1. The van der Waals surface area contributed by atoms with Crippen molar-refractivity contribution < 1.29 is 9.90 Å². The van der Waals surface area contributed by atoms with E-state index in [1.807, 2.05) is 4.90 Å². The Morgan fingerprint density at radius 3 is 3.00 bits per heavy atom. The second-order valence-electron chi connectivity index (χ2n) is 4.23. The Morgan fingerprint density at radius 2 is 2.43 bits per heavy atom. The van der Waals surface area contributed by atoms with Gasteiger partial charge in [-0.2, -0.15) is 0 Å². The molecule has 1 heterocycles. The Hall–Kier alpha value is -0.770. The molecule has 1 rings (SSSR count). The molecule has 0 aromatic rings. The minimum Gasteiger partial charge on any atom is -0.392 e. The summed E-state index contributed by atoms with van der Waals surface area (Å²) >= 11 is 0. The average molecular weight is 200 g/mol. The van der Waals surface area contributed by atoms with Crippen LogP contribution in [0.2, 0.25) is 0 Å². The van der Waals surface area contributed by atoms with Crippen molar-refractivity contribution in [2.75, 3.05) is 19.6 Å². The molecule has 2 amide bonds. The molecule has 82 valence electrons. The van der Waals surface area contributed by atoms with Gasteiger partial charge < -0.3 is 15.3 Å². The molecule has 0 aliphatic carbocycles. The fourth-order valence-electron chi connectivity index (χ4n) is 1.72. The van der Waals surface area contributed by atoms with Crippen LogP contribution in [0.15, 0.2) is 0 Å². The maximum absolute atomic E-state index is 11.6. The zero-order valence-electron chi connectivity index (χ0n) is 8.99. The number of carbonyl (C=O) groups excluding carboxylic acids is 1. The van der Waals surface area contributed by atoms with Crippen LogP contribution in [0.25, 0.3) is 0 Å². The number of aliphatic hydroxyl groups excluding tert-OH is 1. The van der Waals surface area contributed by atoms with Gasteiger partial charge in [-0.05, 0) is 25.7 Å². The third kappa shape index (κ3) is 3.54. The lowest BCUT2D eigenvalue weighted by Gasteiger charge is -2.31. The van der Waals surface area contributed by atoms with Gasteiger partial charge in [0.2, 0.25) is 0 Å². The molecular weight excluding hydrogens is 180 g/mol. The van der Waals surface area contributed by atoms with Gasteiger partial charge in [-0.25, -0.2) is 4.79 Å². The highest BCUT2D eigenvalue weighted by atomic mass is 16.3. The second-order valence-corrected chi connectivity index (χ2v) is 4.23. The standard InChI is InChI=1S/C10H20N2O2/c1-8-4-3-5-12(7-8)10(14)11-6-9(2)13/h8-9,13H,3-7H2,1-2H3,(H,11,14). The van der Waals surface area contributed by atoms with Crippen LogP contribution in [0.5, 0.6) is 0 Å². The molecule has 1 aliphatic rings. The van der Waals surface area contributed by atoms with E-state index in [0.717, 1.165) is 19.5 Å². The number of nitrogens with zero attached hydrogens (tertiary/aromatic N) is 1. The van der Waals surface area contributed by atoms with E-state index in [4.69, 9.17) is 5.11 Å². The molecule has 4 nitrogen and oxygen atoms in total. The van der Waals surface area contributed by atoms with Gasteiger partial charge in [-0.1, -0.05) is 6.92 Å². The summed E-state index contributed by atoms with van der Waals surface area (Å²) in [6.07, 6.45) is 1.82. The normalized spacial score (nSPS) is 24.5. The van der Waals surface area contributed by atoms with Gasteiger partial charge >= 0.3 is 6.03 Å². The third-order valence-electron chi connectivity index (χ3n) is 2.49. The number of hydrogen-bond donors (Lipinski definition) is 2. The Kier molecular flexibility index (Phi) is 4.20. The van der Waals surface area contributed by atoms with Gasteiger partial charge in [0.1, 0.15) is 0 Å². The summed E-state index contributed by atoms with van der Waals surface area (Å²) in [5.41, 5.74) is 0. The molecule has 0 bridgehead atoms. The van der Waals surface area contributed by atoms with Crippen LogP contribution in [0.3, 0.4) is 0 Å². The van der Waals surface area contributed by atoms with Crippen LogP contribution in [0.1, 0.15) is 26.7 Å². The predicted octanol–water partition coefficient (Wildman–Crippen LogP) is 0.809. The van der Waals surface area contributed by atoms with Crippen molar-refractivity contribution in [1.29, 1.82) is 0 Å². The molecule has 0 aromatic heterocycles. The fraction of sp³-hybridized carbons (Fsp3) is 0.900. The van der Waals surface area contributed by atoms with Crippen molar-refractivity contribution in [1.82, 2.24) is 10.2 Å². The molecule has 2 atom stereocenters. The SMILES string of the molecule is CC(O)CNC(=O)N1CCCC(C)C1. The molecule has 14 heavy (non-hydrogen) atoms. The van der Waals surface area contributed by atoms with E-state index in [1.165, 1.54) is 6.42 Å². The summed E-state index contributed by atoms with van der Waals surface area (Å²) in [5, 5.41) is 11.7. The minimum absolute atomic E-state index is 0.0440. The molecule has 1 aliphatic heterocycles. The highest BCUT2D eigenvalue weighted by molar-refractivity contribution is 5.74. The molecule has 0 aromatic carbocycles. The first-order chi connectivity index (χ1) is 6.59. The smallest absolute Gasteiger partial charge is 0.317 e. The number of urea groups is 1. The number of aliphatic hydroxyl groups is 1. The minimum atomic E-state index is -0.471. The quantitative estimate of drug-likeness (QED) is 0.693. The molecule has 4 heteroatoms. The van der Waals surface area contributed by atoms with Crippen LogP contribution in [-0.4, -0.2) is 41.8 Å². The Bertz CT molecular complexity index is 195. The maximum Gasteiger partial charge on any atom is 0.317 e. The van der Waals surface area contributed by atoms with Gasteiger partial charge in [-0.3, -0.25) is 0 Å². The van der Waals surface area contributed by atoms with Gasteiger partial charge in [-0.15, -0.1) is 0 Å². The van der Waals surface area contributed by atoms with Crippen molar-refractivity contribution in [3.05, 3.63) is 0 Å². The second kappa shape index (κ2) is 5.20. The summed E-state index contributed by atoms with van der Waals surface area (Å²) < 4.78 is 0. The van der Waals surface area contributed by atoms with Crippen molar-refractivity contribution in [2.45, 2.75) is 32.8 Å². The molecule has 0 saturated carbocycles. The zero-order valence-corrected chi connectivity index (χ0v) is 8.99. The number of carbonyl (C=O) groups is 1. The molecule has 2 unspecified atom stereocenters. The van der Waals surface area contributed by atoms with Gasteiger partial charge in [0.05, 0.1) is 6.10 Å². The van der Waals surface area contributed by atoms with Crippen LogP contribution >= 0.6 is 0 Å². The van der Waals surface area contributed by atoms with Crippen molar-refractivity contribution in [2.24, 2.45) is 5.92 Å². The fourth-order valence-corrected chi connectivity index (χ4v) is 1.72. The number of rotatable bonds is 2.